The Morgan fingerprint density at radius 3 is 2.17 bits per heavy atom. The van der Waals surface area contributed by atoms with Crippen LogP contribution in [0.5, 0.6) is 0 Å². The molecule has 1 rings (SSSR count). The molecular formula is C7H9Br2N3. The molecule has 0 amide bonds. The van der Waals surface area contributed by atoms with Crippen LogP contribution in [0.2, 0.25) is 0 Å². The lowest BCUT2D eigenvalue weighted by Crippen LogP contribution is -1.98. The van der Waals surface area contributed by atoms with E-state index in [0.29, 0.717) is 9.47 Å². The number of aryl methyl sites for hydroxylation is 1. The highest BCUT2D eigenvalue weighted by atomic mass is 79.9. The molecule has 5 heteroatoms. The summed E-state index contributed by atoms with van der Waals surface area (Å²) in [4.78, 5) is 12.2. The van der Waals surface area contributed by atoms with Gasteiger partial charge in [0.2, 0.25) is 9.47 Å². The highest BCUT2D eigenvalue weighted by Gasteiger charge is 2.00. The van der Waals surface area contributed by atoms with E-state index in [-0.39, 0.29) is 0 Å². The Morgan fingerprint density at radius 1 is 1.08 bits per heavy atom. The smallest absolute Gasteiger partial charge is 0.200 e. The summed E-state index contributed by atoms with van der Waals surface area (Å²) in [6.07, 6.45) is 3.18. The maximum atomic E-state index is 4.14. The molecular weight excluding hydrogens is 286 g/mol. The molecule has 0 bridgehead atoms. The second-order valence-corrected chi connectivity index (χ2v) is 3.81. The van der Waals surface area contributed by atoms with Crippen molar-refractivity contribution in [3.05, 3.63) is 15.3 Å². The summed E-state index contributed by atoms with van der Waals surface area (Å²) in [6.45, 7) is 2.14. The summed E-state index contributed by atoms with van der Waals surface area (Å²) < 4.78 is 1.19. The number of aromatic nitrogens is 3. The predicted molar refractivity (Wildman–Crippen MR) is 53.8 cm³/mol. The van der Waals surface area contributed by atoms with E-state index in [1.807, 2.05) is 0 Å². The van der Waals surface area contributed by atoms with Crippen molar-refractivity contribution in [3.8, 4) is 0 Å². The Hall–Kier alpha value is -0.0300. The molecule has 0 atom stereocenters. The molecule has 0 saturated carbocycles. The predicted octanol–water partition coefficient (Wildman–Crippen LogP) is 2.74. The molecule has 0 aliphatic rings. The summed E-state index contributed by atoms with van der Waals surface area (Å²) >= 11 is 6.43. The first-order chi connectivity index (χ1) is 5.72. The van der Waals surface area contributed by atoms with Gasteiger partial charge in [0.25, 0.3) is 0 Å². The maximum absolute atomic E-state index is 4.14. The van der Waals surface area contributed by atoms with Crippen molar-refractivity contribution in [1.29, 1.82) is 0 Å². The van der Waals surface area contributed by atoms with Crippen molar-refractivity contribution in [3.63, 3.8) is 0 Å². The van der Waals surface area contributed by atoms with E-state index in [1.165, 1.54) is 0 Å². The van der Waals surface area contributed by atoms with Gasteiger partial charge < -0.3 is 0 Å². The Balaban J connectivity index is 2.72. The van der Waals surface area contributed by atoms with E-state index in [2.05, 4.69) is 53.7 Å². The summed E-state index contributed by atoms with van der Waals surface area (Å²) in [5, 5.41) is 0. The molecule has 66 valence electrons. The average molecular weight is 295 g/mol. The van der Waals surface area contributed by atoms with Crippen LogP contribution < -0.4 is 0 Å². The zero-order valence-electron chi connectivity index (χ0n) is 6.72. The standard InChI is InChI=1S/C7H9Br2N3/c1-2-3-4-5-10-6(8)12-7(9)11-5/h2-4H2,1H3. The van der Waals surface area contributed by atoms with Crippen LogP contribution >= 0.6 is 31.9 Å². The van der Waals surface area contributed by atoms with Crippen LogP contribution in [0.25, 0.3) is 0 Å². The van der Waals surface area contributed by atoms with E-state index in [0.717, 1.165) is 25.1 Å². The van der Waals surface area contributed by atoms with Gasteiger partial charge in [-0.1, -0.05) is 13.3 Å². The fourth-order valence-corrected chi connectivity index (χ4v) is 1.79. The number of hydrogen-bond acceptors (Lipinski definition) is 3. The third-order valence-corrected chi connectivity index (χ3v) is 2.09. The highest BCUT2D eigenvalue weighted by Crippen LogP contribution is 2.09. The second-order valence-electron chi connectivity index (χ2n) is 2.39. The summed E-state index contributed by atoms with van der Waals surface area (Å²) in [6, 6.07) is 0. The first-order valence-corrected chi connectivity index (χ1v) is 5.37. The Kier molecular flexibility index (Phi) is 4.08. The van der Waals surface area contributed by atoms with Crippen LogP contribution in [0.1, 0.15) is 25.6 Å². The van der Waals surface area contributed by atoms with Gasteiger partial charge in [-0.3, -0.25) is 0 Å². The molecule has 0 aliphatic heterocycles. The van der Waals surface area contributed by atoms with Gasteiger partial charge in [0.1, 0.15) is 5.82 Å². The van der Waals surface area contributed by atoms with Gasteiger partial charge in [0.05, 0.1) is 0 Å². The van der Waals surface area contributed by atoms with Gasteiger partial charge >= 0.3 is 0 Å². The quantitative estimate of drug-likeness (QED) is 0.860. The Labute approximate surface area is 88.3 Å². The van der Waals surface area contributed by atoms with Crippen molar-refractivity contribution in [1.82, 2.24) is 15.0 Å². The molecule has 0 N–H and O–H groups in total. The summed E-state index contributed by atoms with van der Waals surface area (Å²) in [7, 11) is 0. The first-order valence-electron chi connectivity index (χ1n) is 3.78. The first kappa shape index (κ1) is 10.1. The fourth-order valence-electron chi connectivity index (χ4n) is 0.811. The zero-order chi connectivity index (χ0) is 8.97. The van der Waals surface area contributed by atoms with Crippen molar-refractivity contribution < 1.29 is 0 Å². The molecule has 0 radical (unpaired) electrons. The number of halogens is 2. The molecule has 1 aromatic rings. The van der Waals surface area contributed by atoms with Crippen molar-refractivity contribution in [2.24, 2.45) is 0 Å². The van der Waals surface area contributed by atoms with E-state index in [4.69, 9.17) is 0 Å². The Morgan fingerprint density at radius 2 is 1.67 bits per heavy atom. The third-order valence-electron chi connectivity index (χ3n) is 1.38. The lowest BCUT2D eigenvalue weighted by Gasteiger charge is -1.98. The molecule has 12 heavy (non-hydrogen) atoms. The van der Waals surface area contributed by atoms with Crippen LogP contribution in [0, 0.1) is 0 Å². The second kappa shape index (κ2) is 4.87. The van der Waals surface area contributed by atoms with Crippen molar-refractivity contribution in [2.75, 3.05) is 0 Å². The normalized spacial score (nSPS) is 10.2. The lowest BCUT2D eigenvalue weighted by molar-refractivity contribution is 0.733. The molecule has 1 heterocycles. The van der Waals surface area contributed by atoms with Gasteiger partial charge in [-0.15, -0.1) is 0 Å². The lowest BCUT2D eigenvalue weighted by atomic mass is 10.2. The summed E-state index contributed by atoms with van der Waals surface area (Å²) in [5.41, 5.74) is 0. The Bertz CT molecular complexity index is 245. The van der Waals surface area contributed by atoms with E-state index in [9.17, 15) is 0 Å². The van der Waals surface area contributed by atoms with E-state index >= 15 is 0 Å². The molecule has 0 aliphatic carbocycles. The minimum atomic E-state index is 0.593. The van der Waals surface area contributed by atoms with Crippen molar-refractivity contribution in [2.45, 2.75) is 26.2 Å². The van der Waals surface area contributed by atoms with Gasteiger partial charge in [0, 0.05) is 6.42 Å². The van der Waals surface area contributed by atoms with Crippen LogP contribution in [0.15, 0.2) is 9.47 Å². The molecule has 3 nitrogen and oxygen atoms in total. The third kappa shape index (κ3) is 3.15. The largest absolute Gasteiger partial charge is 0.207 e. The fraction of sp³-hybridized carbons (Fsp3) is 0.571. The van der Waals surface area contributed by atoms with Crippen LogP contribution in [0.4, 0.5) is 0 Å². The number of unbranched alkanes of at least 4 members (excludes halogenated alkanes) is 1. The van der Waals surface area contributed by atoms with Crippen LogP contribution in [0.3, 0.4) is 0 Å². The summed E-state index contributed by atoms with van der Waals surface area (Å²) in [5.74, 6) is 0.839. The van der Waals surface area contributed by atoms with Gasteiger partial charge in [-0.05, 0) is 38.3 Å². The molecule has 0 spiro atoms. The SMILES string of the molecule is CCCCc1nc(Br)nc(Br)n1. The van der Waals surface area contributed by atoms with Crippen LogP contribution in [-0.2, 0) is 6.42 Å². The average Bonchev–Trinajstić information content (AvgIpc) is 1.99. The van der Waals surface area contributed by atoms with Gasteiger partial charge in [0.15, 0.2) is 0 Å². The molecule has 0 saturated heterocycles. The topological polar surface area (TPSA) is 38.7 Å². The number of nitrogens with zero attached hydrogens (tertiary/aromatic N) is 3. The van der Waals surface area contributed by atoms with Gasteiger partial charge in [-0.25, -0.2) is 9.97 Å². The monoisotopic (exact) mass is 293 g/mol. The molecule has 0 fully saturated rings. The van der Waals surface area contributed by atoms with E-state index < -0.39 is 0 Å². The van der Waals surface area contributed by atoms with Crippen molar-refractivity contribution >= 4 is 31.9 Å². The number of hydrogen-bond donors (Lipinski definition) is 0. The van der Waals surface area contributed by atoms with Gasteiger partial charge in [-0.2, -0.15) is 4.98 Å². The minimum Gasteiger partial charge on any atom is -0.207 e. The molecule has 0 unspecified atom stereocenters. The highest BCUT2D eigenvalue weighted by molar-refractivity contribution is 9.11. The van der Waals surface area contributed by atoms with Crippen LogP contribution in [-0.4, -0.2) is 15.0 Å². The molecule has 1 aromatic heterocycles. The van der Waals surface area contributed by atoms with E-state index in [1.54, 1.807) is 0 Å². The molecule has 0 aromatic carbocycles. The number of rotatable bonds is 3. The zero-order valence-corrected chi connectivity index (χ0v) is 9.89. The maximum Gasteiger partial charge on any atom is 0.200 e. The minimum absolute atomic E-state index is 0.593.